The third-order valence-electron chi connectivity index (χ3n) is 7.12. The van der Waals surface area contributed by atoms with Crippen molar-refractivity contribution in [3.05, 3.63) is 105 Å². The number of hydrogen-bond acceptors (Lipinski definition) is 9. The van der Waals surface area contributed by atoms with Crippen LogP contribution in [0.4, 0.5) is 11.6 Å². The van der Waals surface area contributed by atoms with E-state index in [1.54, 1.807) is 16.7 Å². The van der Waals surface area contributed by atoms with Crippen LogP contribution < -0.4 is 10.5 Å². The van der Waals surface area contributed by atoms with Crippen LogP contribution >= 0.6 is 23.1 Å². The van der Waals surface area contributed by atoms with E-state index in [-0.39, 0.29) is 11.2 Å². The smallest absolute Gasteiger partial charge is 0.277 e. The minimum absolute atomic E-state index is 0.0372. The van der Waals surface area contributed by atoms with Crippen molar-refractivity contribution in [3.8, 4) is 28.1 Å². The van der Waals surface area contributed by atoms with E-state index in [0.29, 0.717) is 26.7 Å². The number of benzene rings is 3. The van der Waals surface area contributed by atoms with Gasteiger partial charge in [-0.2, -0.15) is 11.8 Å². The summed E-state index contributed by atoms with van der Waals surface area (Å²) in [6.07, 6.45) is 0. The molecule has 3 aromatic heterocycles. The lowest BCUT2D eigenvalue weighted by atomic mass is 9.97. The van der Waals surface area contributed by atoms with Gasteiger partial charge < -0.3 is 4.90 Å². The molecule has 202 valence electrons. The molecule has 3 aromatic carbocycles. The predicted octanol–water partition coefficient (Wildman–Crippen LogP) is 6.19. The van der Waals surface area contributed by atoms with Gasteiger partial charge in [0.15, 0.2) is 0 Å². The Bertz CT molecular complexity index is 1970. The summed E-state index contributed by atoms with van der Waals surface area (Å²) in [5, 5.41) is 21.3. The highest BCUT2D eigenvalue weighted by atomic mass is 32.2. The van der Waals surface area contributed by atoms with E-state index in [4.69, 9.17) is 4.98 Å². The maximum atomic E-state index is 14.3. The predicted molar refractivity (Wildman–Crippen MR) is 165 cm³/mol. The summed E-state index contributed by atoms with van der Waals surface area (Å²) in [5.74, 6) is 2.35. The van der Waals surface area contributed by atoms with Crippen LogP contribution in [0.25, 0.3) is 48.5 Å². The van der Waals surface area contributed by atoms with Crippen LogP contribution in [0.15, 0.2) is 89.7 Å². The second-order valence-corrected chi connectivity index (χ2v) is 11.8. The first-order valence-electron chi connectivity index (χ1n) is 13.0. The van der Waals surface area contributed by atoms with Crippen LogP contribution in [-0.2, 0) is 0 Å². The molecule has 0 bridgehead atoms. The summed E-state index contributed by atoms with van der Waals surface area (Å²) in [5.41, 5.74) is 4.34. The molecule has 4 heterocycles. The summed E-state index contributed by atoms with van der Waals surface area (Å²) >= 11 is 3.14. The largest absolute Gasteiger partial charge is 0.340 e. The average molecular weight is 579 g/mol. The molecule has 11 heteroatoms. The minimum atomic E-state index is -0.448. The van der Waals surface area contributed by atoms with Crippen LogP contribution in [0.3, 0.4) is 0 Å². The molecule has 0 N–H and O–H groups in total. The van der Waals surface area contributed by atoms with Crippen molar-refractivity contribution in [2.75, 3.05) is 29.5 Å². The van der Waals surface area contributed by atoms with E-state index >= 15 is 0 Å². The van der Waals surface area contributed by atoms with Gasteiger partial charge in [-0.05, 0) is 17.7 Å². The number of aromatic nitrogens is 4. The van der Waals surface area contributed by atoms with Crippen LogP contribution in [0.5, 0.6) is 0 Å². The molecule has 0 amide bonds. The minimum Gasteiger partial charge on any atom is -0.340 e. The summed E-state index contributed by atoms with van der Waals surface area (Å²) < 4.78 is 2.04. The molecule has 1 aliphatic rings. The Labute approximate surface area is 242 Å². The topological polar surface area (TPSA) is 107 Å². The Balaban J connectivity index is 1.57. The number of rotatable bonds is 5. The number of non-ortho nitro benzene ring substituents is 1. The summed E-state index contributed by atoms with van der Waals surface area (Å²) in [4.78, 5) is 33.1. The first kappa shape index (κ1) is 25.4. The molecule has 6 aromatic rings. The van der Waals surface area contributed by atoms with Crippen LogP contribution in [-0.4, -0.2) is 49.3 Å². The van der Waals surface area contributed by atoms with E-state index in [1.807, 2.05) is 72.4 Å². The Hall–Kier alpha value is -4.61. The maximum Gasteiger partial charge on any atom is 0.277 e. The lowest BCUT2D eigenvalue weighted by Crippen LogP contribution is -2.37. The van der Waals surface area contributed by atoms with Crippen LogP contribution in [0, 0.1) is 10.1 Å². The van der Waals surface area contributed by atoms with Gasteiger partial charge in [0.05, 0.1) is 10.6 Å². The monoisotopic (exact) mass is 578 g/mol. The standard InChI is InChI=1S/C30H22N6O3S2/c37-29-27-26(31-30(34-15-17-40-18-16-34)35(29)21-11-13-22(14-12-21)36(38)39)24-23(19-7-3-1-4-8-19)25(32-33-28(24)41-27)20-9-5-2-6-10-20/h1-14H,15-18H2. The van der Waals surface area contributed by atoms with Gasteiger partial charge in [0.2, 0.25) is 5.95 Å². The average Bonchev–Trinajstić information content (AvgIpc) is 3.41. The summed E-state index contributed by atoms with van der Waals surface area (Å²) in [6.45, 7) is 1.47. The van der Waals surface area contributed by atoms with Gasteiger partial charge in [-0.15, -0.1) is 21.5 Å². The fourth-order valence-corrected chi connectivity index (χ4v) is 7.08. The van der Waals surface area contributed by atoms with E-state index in [2.05, 4.69) is 15.1 Å². The normalized spacial score (nSPS) is 13.6. The molecule has 41 heavy (non-hydrogen) atoms. The highest BCUT2D eigenvalue weighted by Crippen LogP contribution is 2.42. The number of nitrogens with zero attached hydrogens (tertiary/aromatic N) is 6. The van der Waals surface area contributed by atoms with Gasteiger partial charge in [-0.1, -0.05) is 60.7 Å². The number of hydrogen-bond donors (Lipinski definition) is 0. The Morgan fingerprint density at radius 3 is 2.15 bits per heavy atom. The molecule has 1 fully saturated rings. The van der Waals surface area contributed by atoms with Crippen molar-refractivity contribution in [2.24, 2.45) is 0 Å². The van der Waals surface area contributed by atoms with Gasteiger partial charge in [0.25, 0.3) is 11.2 Å². The van der Waals surface area contributed by atoms with E-state index in [9.17, 15) is 14.9 Å². The number of nitro benzene ring substituents is 1. The van der Waals surface area contributed by atoms with Gasteiger partial charge in [0, 0.05) is 53.2 Å². The van der Waals surface area contributed by atoms with Crippen molar-refractivity contribution in [1.82, 2.24) is 19.7 Å². The molecule has 9 nitrogen and oxygen atoms in total. The molecular weight excluding hydrogens is 557 g/mol. The Morgan fingerprint density at radius 2 is 1.49 bits per heavy atom. The van der Waals surface area contributed by atoms with E-state index in [0.717, 1.165) is 52.4 Å². The molecular formula is C30H22N6O3S2. The summed E-state index contributed by atoms with van der Waals surface area (Å²) in [6, 6.07) is 25.9. The zero-order valence-corrected chi connectivity index (χ0v) is 23.3. The molecule has 0 aliphatic carbocycles. The molecule has 1 aliphatic heterocycles. The fraction of sp³-hybridized carbons (Fsp3) is 0.133. The summed E-state index contributed by atoms with van der Waals surface area (Å²) in [7, 11) is 0. The molecule has 0 saturated carbocycles. The number of nitro groups is 1. The third-order valence-corrected chi connectivity index (χ3v) is 9.12. The maximum absolute atomic E-state index is 14.3. The van der Waals surface area contributed by atoms with Crippen molar-refractivity contribution in [2.45, 2.75) is 0 Å². The Kier molecular flexibility index (Phi) is 6.44. The first-order chi connectivity index (χ1) is 20.1. The molecule has 0 spiro atoms. The highest BCUT2D eigenvalue weighted by molar-refractivity contribution is 7.99. The second-order valence-electron chi connectivity index (χ2n) is 9.54. The third kappa shape index (κ3) is 4.43. The Morgan fingerprint density at radius 1 is 0.829 bits per heavy atom. The first-order valence-corrected chi connectivity index (χ1v) is 15.0. The lowest BCUT2D eigenvalue weighted by molar-refractivity contribution is -0.384. The number of thioether (sulfide) groups is 1. The van der Waals surface area contributed by atoms with Crippen molar-refractivity contribution in [3.63, 3.8) is 0 Å². The molecule has 7 rings (SSSR count). The van der Waals surface area contributed by atoms with Crippen LogP contribution in [0.1, 0.15) is 0 Å². The second kappa shape index (κ2) is 10.4. The number of anilines is 1. The number of thiophene rings is 1. The van der Waals surface area contributed by atoms with Gasteiger partial charge >= 0.3 is 0 Å². The van der Waals surface area contributed by atoms with Crippen LogP contribution in [0.2, 0.25) is 0 Å². The van der Waals surface area contributed by atoms with Gasteiger partial charge in [-0.3, -0.25) is 14.9 Å². The van der Waals surface area contributed by atoms with Crippen molar-refractivity contribution >= 4 is 55.2 Å². The fourth-order valence-electron chi connectivity index (χ4n) is 5.18. The molecule has 0 atom stereocenters. The quantitative estimate of drug-likeness (QED) is 0.176. The number of fused-ring (bicyclic) bond motifs is 3. The van der Waals surface area contributed by atoms with Crippen molar-refractivity contribution < 1.29 is 4.92 Å². The molecule has 0 radical (unpaired) electrons. The lowest BCUT2D eigenvalue weighted by Gasteiger charge is -2.29. The zero-order valence-electron chi connectivity index (χ0n) is 21.6. The molecule has 1 saturated heterocycles. The van der Waals surface area contributed by atoms with E-state index in [1.165, 1.54) is 23.5 Å². The highest BCUT2D eigenvalue weighted by Gasteiger charge is 2.26. The van der Waals surface area contributed by atoms with Gasteiger partial charge in [-0.25, -0.2) is 9.55 Å². The SMILES string of the molecule is O=c1c2sc3nnc(-c4ccccc4)c(-c4ccccc4)c3c2nc(N2CCSCC2)n1-c1ccc([N+](=O)[O-])cc1. The van der Waals surface area contributed by atoms with Gasteiger partial charge in [0.1, 0.15) is 20.7 Å². The van der Waals surface area contributed by atoms with E-state index < -0.39 is 4.92 Å². The van der Waals surface area contributed by atoms with Crippen molar-refractivity contribution in [1.29, 1.82) is 0 Å². The zero-order chi connectivity index (χ0) is 27.9. The molecule has 0 unspecified atom stereocenters.